The van der Waals surface area contributed by atoms with Crippen molar-refractivity contribution in [2.75, 3.05) is 13.1 Å². The van der Waals surface area contributed by atoms with E-state index in [1.807, 2.05) is 6.33 Å². The quantitative estimate of drug-likeness (QED) is 0.926. The molecular formula is C17H21N3. The number of nitrogens with one attached hydrogen (secondary N) is 1. The van der Waals surface area contributed by atoms with Crippen LogP contribution in [-0.4, -0.2) is 22.6 Å². The fourth-order valence-electron chi connectivity index (χ4n) is 3.56. The first-order valence-corrected chi connectivity index (χ1v) is 7.71. The monoisotopic (exact) mass is 267 g/mol. The van der Waals surface area contributed by atoms with Crippen molar-refractivity contribution in [2.24, 2.45) is 0 Å². The van der Waals surface area contributed by atoms with Gasteiger partial charge in [-0.1, -0.05) is 30.3 Å². The third kappa shape index (κ3) is 2.16. The normalized spacial score (nSPS) is 29.3. The van der Waals surface area contributed by atoms with Crippen LogP contribution in [0.15, 0.2) is 42.9 Å². The van der Waals surface area contributed by atoms with Crippen molar-refractivity contribution in [3.8, 4) is 0 Å². The molecule has 4 rings (SSSR count). The second-order valence-corrected chi connectivity index (χ2v) is 6.09. The van der Waals surface area contributed by atoms with Crippen LogP contribution in [0.4, 0.5) is 0 Å². The summed E-state index contributed by atoms with van der Waals surface area (Å²) in [6.07, 6.45) is 7.95. The van der Waals surface area contributed by atoms with Crippen molar-refractivity contribution in [2.45, 2.75) is 37.1 Å². The largest absolute Gasteiger partial charge is 0.331 e. The van der Waals surface area contributed by atoms with E-state index < -0.39 is 0 Å². The highest BCUT2D eigenvalue weighted by Crippen LogP contribution is 2.52. The van der Waals surface area contributed by atoms with E-state index in [0.29, 0.717) is 17.9 Å². The van der Waals surface area contributed by atoms with Crippen molar-refractivity contribution >= 4 is 0 Å². The molecule has 0 amide bonds. The number of benzene rings is 1. The topological polar surface area (TPSA) is 29.9 Å². The van der Waals surface area contributed by atoms with Gasteiger partial charge < -0.3 is 9.88 Å². The van der Waals surface area contributed by atoms with Gasteiger partial charge in [0.1, 0.15) is 0 Å². The highest BCUT2D eigenvalue weighted by molar-refractivity contribution is 5.28. The molecule has 3 atom stereocenters. The highest BCUT2D eigenvalue weighted by atomic mass is 15.1. The number of nitrogens with zero attached hydrogens (tertiary/aromatic N) is 2. The van der Waals surface area contributed by atoms with E-state index in [1.54, 1.807) is 0 Å². The van der Waals surface area contributed by atoms with Crippen LogP contribution in [0.3, 0.4) is 0 Å². The van der Waals surface area contributed by atoms with E-state index in [2.05, 4.69) is 51.4 Å². The van der Waals surface area contributed by atoms with Gasteiger partial charge in [-0.15, -0.1) is 0 Å². The number of hydrogen-bond donors (Lipinski definition) is 1. The summed E-state index contributed by atoms with van der Waals surface area (Å²) >= 11 is 0. The minimum absolute atomic E-state index is 0.622. The molecule has 1 aromatic heterocycles. The predicted octanol–water partition coefficient (Wildman–Crippen LogP) is 3.08. The summed E-state index contributed by atoms with van der Waals surface area (Å²) in [5.41, 5.74) is 2.90. The van der Waals surface area contributed by atoms with Crippen molar-refractivity contribution in [1.82, 2.24) is 14.9 Å². The Balaban J connectivity index is 1.54. The first-order valence-electron chi connectivity index (χ1n) is 7.71. The lowest BCUT2D eigenvalue weighted by molar-refractivity contribution is 0.440. The second kappa shape index (κ2) is 5.06. The van der Waals surface area contributed by atoms with Crippen LogP contribution in [0.25, 0.3) is 0 Å². The van der Waals surface area contributed by atoms with Crippen LogP contribution in [0.2, 0.25) is 0 Å². The Morgan fingerprint density at radius 2 is 2.10 bits per heavy atom. The van der Waals surface area contributed by atoms with Gasteiger partial charge in [0.25, 0.3) is 0 Å². The summed E-state index contributed by atoms with van der Waals surface area (Å²) in [7, 11) is 0. The third-order valence-corrected chi connectivity index (χ3v) is 4.75. The molecule has 1 aliphatic heterocycles. The van der Waals surface area contributed by atoms with Crippen LogP contribution < -0.4 is 5.32 Å². The second-order valence-electron chi connectivity index (χ2n) is 6.09. The van der Waals surface area contributed by atoms with Crippen molar-refractivity contribution in [3.05, 3.63) is 54.1 Å². The maximum Gasteiger partial charge on any atom is 0.0951 e. The zero-order valence-corrected chi connectivity index (χ0v) is 11.7. The Labute approximate surface area is 120 Å². The number of rotatable bonds is 3. The van der Waals surface area contributed by atoms with Crippen molar-refractivity contribution in [1.29, 1.82) is 0 Å². The molecule has 3 heteroatoms. The van der Waals surface area contributed by atoms with E-state index >= 15 is 0 Å². The van der Waals surface area contributed by atoms with Gasteiger partial charge in [0.05, 0.1) is 6.33 Å². The van der Waals surface area contributed by atoms with E-state index in [1.165, 1.54) is 37.1 Å². The summed E-state index contributed by atoms with van der Waals surface area (Å²) < 4.78 is 2.44. The smallest absolute Gasteiger partial charge is 0.0951 e. The van der Waals surface area contributed by atoms with Crippen LogP contribution >= 0.6 is 0 Å². The number of imidazole rings is 1. The Kier molecular flexibility index (Phi) is 3.07. The summed E-state index contributed by atoms with van der Waals surface area (Å²) in [4.78, 5) is 4.42. The fraction of sp³-hybridized carbons (Fsp3) is 0.471. The highest BCUT2D eigenvalue weighted by Gasteiger charge is 2.41. The molecule has 1 aliphatic carbocycles. The summed E-state index contributed by atoms with van der Waals surface area (Å²) in [5, 5.41) is 3.51. The average molecular weight is 267 g/mol. The van der Waals surface area contributed by atoms with Gasteiger partial charge in [0.2, 0.25) is 0 Å². The molecule has 2 aliphatic rings. The molecule has 2 fully saturated rings. The molecule has 1 saturated heterocycles. The maximum absolute atomic E-state index is 4.42. The van der Waals surface area contributed by atoms with Gasteiger partial charge in [-0.2, -0.15) is 0 Å². The zero-order valence-electron chi connectivity index (χ0n) is 11.7. The van der Waals surface area contributed by atoms with E-state index in [9.17, 15) is 0 Å². The molecule has 3 nitrogen and oxygen atoms in total. The number of piperidine rings is 1. The van der Waals surface area contributed by atoms with E-state index in [-0.39, 0.29) is 0 Å². The van der Waals surface area contributed by atoms with Gasteiger partial charge >= 0.3 is 0 Å². The maximum atomic E-state index is 4.42. The summed E-state index contributed by atoms with van der Waals surface area (Å²) in [6.45, 7) is 2.27. The van der Waals surface area contributed by atoms with Crippen LogP contribution in [0, 0.1) is 0 Å². The molecule has 2 heterocycles. The molecule has 0 spiro atoms. The first-order chi connectivity index (χ1) is 9.93. The Hall–Kier alpha value is -1.61. The van der Waals surface area contributed by atoms with Crippen molar-refractivity contribution in [3.63, 3.8) is 0 Å². The molecule has 2 aromatic rings. The van der Waals surface area contributed by atoms with Gasteiger partial charge in [0, 0.05) is 36.3 Å². The molecule has 104 valence electrons. The molecule has 1 saturated carbocycles. The first kappa shape index (κ1) is 12.2. The molecule has 1 N–H and O–H groups in total. The average Bonchev–Trinajstić information content (AvgIpc) is 3.17. The number of hydrogen-bond acceptors (Lipinski definition) is 2. The van der Waals surface area contributed by atoms with E-state index in [0.717, 1.165) is 6.54 Å². The Bertz CT molecular complexity index is 569. The standard InChI is InChI=1S/C17H21N3/c1-2-5-13(6-3-1)15-9-16(15)20-12-19-11-17(20)14-7-4-8-18-10-14/h1-3,5-6,11-12,14-16,18H,4,7-10H2. The minimum atomic E-state index is 0.622. The number of aromatic nitrogens is 2. The fourth-order valence-corrected chi connectivity index (χ4v) is 3.56. The lowest BCUT2D eigenvalue weighted by Crippen LogP contribution is -2.29. The van der Waals surface area contributed by atoms with Crippen LogP contribution in [0.5, 0.6) is 0 Å². The molecule has 3 unspecified atom stereocenters. The Morgan fingerprint density at radius 1 is 1.20 bits per heavy atom. The lowest BCUT2D eigenvalue weighted by atomic mass is 9.96. The van der Waals surface area contributed by atoms with Gasteiger partial charge in [-0.25, -0.2) is 4.98 Å². The van der Waals surface area contributed by atoms with E-state index in [4.69, 9.17) is 0 Å². The van der Waals surface area contributed by atoms with Crippen molar-refractivity contribution < 1.29 is 0 Å². The predicted molar refractivity (Wildman–Crippen MR) is 79.9 cm³/mol. The van der Waals surface area contributed by atoms with Crippen LogP contribution in [0.1, 0.15) is 48.4 Å². The van der Waals surface area contributed by atoms with Gasteiger partial charge in [-0.05, 0) is 31.4 Å². The molecule has 0 bridgehead atoms. The lowest BCUT2D eigenvalue weighted by Gasteiger charge is -2.24. The Morgan fingerprint density at radius 3 is 2.90 bits per heavy atom. The summed E-state index contributed by atoms with van der Waals surface area (Å²) in [6, 6.07) is 11.5. The summed E-state index contributed by atoms with van der Waals surface area (Å²) in [5.74, 6) is 1.32. The third-order valence-electron chi connectivity index (χ3n) is 4.75. The van der Waals surface area contributed by atoms with Crippen LogP contribution in [-0.2, 0) is 0 Å². The van der Waals surface area contributed by atoms with Gasteiger partial charge in [-0.3, -0.25) is 0 Å². The molecule has 1 aromatic carbocycles. The molecular weight excluding hydrogens is 246 g/mol. The molecule has 0 radical (unpaired) electrons. The minimum Gasteiger partial charge on any atom is -0.331 e. The zero-order chi connectivity index (χ0) is 13.4. The van der Waals surface area contributed by atoms with Gasteiger partial charge in [0.15, 0.2) is 0 Å². The molecule has 20 heavy (non-hydrogen) atoms. The SMILES string of the molecule is c1ccc(C2CC2n2cncc2C2CCCNC2)cc1.